The molecular weight excluding hydrogens is 288 g/mol. The van der Waals surface area contributed by atoms with Crippen LogP contribution in [0.3, 0.4) is 0 Å². The Morgan fingerprint density at radius 1 is 1.24 bits per heavy atom. The molecule has 2 rings (SSSR count). The summed E-state index contributed by atoms with van der Waals surface area (Å²) in [5, 5.41) is 6.21. The van der Waals surface area contributed by atoms with Crippen LogP contribution in [0.2, 0.25) is 0 Å². The third kappa shape index (κ3) is 5.58. The van der Waals surface area contributed by atoms with Crippen LogP contribution in [-0.4, -0.2) is 44.5 Å². The second-order valence-corrected chi connectivity index (χ2v) is 8.81. The number of sulfone groups is 1. The number of amides is 1. The van der Waals surface area contributed by atoms with Crippen LogP contribution in [0, 0.1) is 5.92 Å². The maximum atomic E-state index is 12.1. The van der Waals surface area contributed by atoms with Crippen molar-refractivity contribution in [2.45, 2.75) is 64.0 Å². The van der Waals surface area contributed by atoms with E-state index < -0.39 is 9.84 Å². The van der Waals surface area contributed by atoms with Crippen molar-refractivity contribution in [2.24, 2.45) is 5.92 Å². The molecule has 2 N–H and O–H groups in total. The fraction of sp³-hybridized carbons (Fsp3) is 0.933. The molecular formula is C15H28N2O3S. The predicted molar refractivity (Wildman–Crippen MR) is 83.9 cm³/mol. The predicted octanol–water partition coefficient (Wildman–Crippen LogP) is 1.24. The Hall–Kier alpha value is -0.620. The van der Waals surface area contributed by atoms with Crippen molar-refractivity contribution in [3.63, 3.8) is 0 Å². The monoisotopic (exact) mass is 316 g/mol. The van der Waals surface area contributed by atoms with E-state index >= 15 is 0 Å². The molecule has 0 aromatic carbocycles. The van der Waals surface area contributed by atoms with Crippen molar-refractivity contribution in [3.8, 4) is 0 Å². The summed E-state index contributed by atoms with van der Waals surface area (Å²) in [5.74, 6) is 0.808. The third-order valence-corrected chi connectivity index (χ3v) is 6.46. The first kappa shape index (κ1) is 16.7. The Bertz CT molecular complexity index is 442. The second kappa shape index (κ2) is 7.58. The van der Waals surface area contributed by atoms with E-state index in [9.17, 15) is 13.2 Å². The van der Waals surface area contributed by atoms with Crippen molar-refractivity contribution >= 4 is 15.7 Å². The van der Waals surface area contributed by atoms with Crippen molar-refractivity contribution in [1.29, 1.82) is 0 Å². The molecule has 2 fully saturated rings. The molecule has 1 aliphatic carbocycles. The van der Waals surface area contributed by atoms with E-state index in [1.54, 1.807) is 0 Å². The molecule has 0 aromatic heterocycles. The molecule has 21 heavy (non-hydrogen) atoms. The standard InChI is InChI=1S/C15H28N2O3S/c1-12(13-6-4-2-3-5-7-13)17-15(18)10-14-11-21(19,20)9-8-16-14/h12-14,16H,2-11H2,1H3,(H,17,18)/t12-,14?/m0/s1. The van der Waals surface area contributed by atoms with Gasteiger partial charge in [0.25, 0.3) is 0 Å². The quantitative estimate of drug-likeness (QED) is 0.765. The fourth-order valence-corrected chi connectivity index (χ4v) is 4.91. The Labute approximate surface area is 128 Å². The lowest BCUT2D eigenvalue weighted by Gasteiger charge is -2.26. The molecule has 1 aliphatic heterocycles. The van der Waals surface area contributed by atoms with Gasteiger partial charge in [-0.15, -0.1) is 0 Å². The summed E-state index contributed by atoms with van der Waals surface area (Å²) in [5.41, 5.74) is 0. The van der Waals surface area contributed by atoms with E-state index in [1.807, 2.05) is 0 Å². The first-order valence-electron chi connectivity index (χ1n) is 8.19. The number of hydrogen-bond donors (Lipinski definition) is 2. The topological polar surface area (TPSA) is 75.3 Å². The lowest BCUT2D eigenvalue weighted by atomic mass is 9.93. The molecule has 0 aromatic rings. The Kier molecular flexibility index (Phi) is 6.05. The van der Waals surface area contributed by atoms with Gasteiger partial charge in [0.05, 0.1) is 11.5 Å². The zero-order chi connectivity index (χ0) is 15.3. The normalized spacial score (nSPS) is 28.5. The van der Waals surface area contributed by atoms with Gasteiger partial charge >= 0.3 is 0 Å². The molecule has 1 saturated heterocycles. The van der Waals surface area contributed by atoms with E-state index in [0.717, 1.165) is 0 Å². The highest BCUT2D eigenvalue weighted by molar-refractivity contribution is 7.91. The maximum Gasteiger partial charge on any atom is 0.221 e. The SMILES string of the molecule is C[C@H](NC(=O)CC1CS(=O)(=O)CCN1)C1CCCCCC1. The van der Waals surface area contributed by atoms with Gasteiger partial charge in [-0.1, -0.05) is 25.7 Å². The van der Waals surface area contributed by atoms with Crippen LogP contribution in [-0.2, 0) is 14.6 Å². The minimum Gasteiger partial charge on any atom is -0.353 e. The molecule has 0 radical (unpaired) electrons. The number of rotatable bonds is 4. The van der Waals surface area contributed by atoms with E-state index in [0.29, 0.717) is 12.5 Å². The van der Waals surface area contributed by atoms with Gasteiger partial charge < -0.3 is 10.6 Å². The number of nitrogens with one attached hydrogen (secondary N) is 2. The summed E-state index contributed by atoms with van der Waals surface area (Å²) < 4.78 is 23.2. The van der Waals surface area contributed by atoms with Gasteiger partial charge in [-0.3, -0.25) is 4.79 Å². The van der Waals surface area contributed by atoms with Gasteiger partial charge in [0.2, 0.25) is 5.91 Å². The lowest BCUT2D eigenvalue weighted by molar-refractivity contribution is -0.122. The largest absolute Gasteiger partial charge is 0.353 e. The molecule has 0 spiro atoms. The zero-order valence-electron chi connectivity index (χ0n) is 12.9. The molecule has 1 unspecified atom stereocenters. The lowest BCUT2D eigenvalue weighted by Crippen LogP contribution is -2.48. The molecule has 122 valence electrons. The van der Waals surface area contributed by atoms with Gasteiger partial charge in [-0.25, -0.2) is 8.42 Å². The third-order valence-electron chi connectivity index (χ3n) is 4.73. The highest BCUT2D eigenvalue weighted by Gasteiger charge is 2.27. The van der Waals surface area contributed by atoms with E-state index in [4.69, 9.17) is 0 Å². The average Bonchev–Trinajstić information content (AvgIpc) is 2.65. The molecule has 1 saturated carbocycles. The second-order valence-electron chi connectivity index (χ2n) is 6.58. The van der Waals surface area contributed by atoms with E-state index in [2.05, 4.69) is 17.6 Å². The van der Waals surface area contributed by atoms with Crippen LogP contribution < -0.4 is 10.6 Å². The summed E-state index contributed by atoms with van der Waals surface area (Å²) in [6.45, 7) is 2.54. The van der Waals surface area contributed by atoms with Gasteiger partial charge in [0.15, 0.2) is 9.84 Å². The van der Waals surface area contributed by atoms with Crippen LogP contribution in [0.15, 0.2) is 0 Å². The van der Waals surface area contributed by atoms with Crippen LogP contribution >= 0.6 is 0 Å². The molecule has 2 atom stereocenters. The van der Waals surface area contributed by atoms with Crippen molar-refractivity contribution in [3.05, 3.63) is 0 Å². The molecule has 5 nitrogen and oxygen atoms in total. The number of carbonyl (C=O) groups excluding carboxylic acids is 1. The fourth-order valence-electron chi connectivity index (χ4n) is 3.46. The van der Waals surface area contributed by atoms with Crippen LogP contribution in [0.1, 0.15) is 51.9 Å². The highest BCUT2D eigenvalue weighted by atomic mass is 32.2. The van der Waals surface area contributed by atoms with Crippen molar-refractivity contribution in [2.75, 3.05) is 18.1 Å². The smallest absolute Gasteiger partial charge is 0.221 e. The maximum absolute atomic E-state index is 12.1. The zero-order valence-corrected chi connectivity index (χ0v) is 13.8. The van der Waals surface area contributed by atoms with Gasteiger partial charge in [-0.05, 0) is 25.7 Å². The Morgan fingerprint density at radius 2 is 1.90 bits per heavy atom. The van der Waals surface area contributed by atoms with Crippen molar-refractivity contribution < 1.29 is 13.2 Å². The number of carbonyl (C=O) groups is 1. The summed E-state index contributed by atoms with van der Waals surface area (Å²) in [6.07, 6.45) is 7.77. The highest BCUT2D eigenvalue weighted by Crippen LogP contribution is 2.25. The Balaban J connectivity index is 1.78. The molecule has 0 bridgehead atoms. The van der Waals surface area contributed by atoms with Crippen LogP contribution in [0.5, 0.6) is 0 Å². The first-order valence-corrected chi connectivity index (χ1v) is 10.0. The van der Waals surface area contributed by atoms with Crippen LogP contribution in [0.25, 0.3) is 0 Å². The van der Waals surface area contributed by atoms with Gasteiger partial charge in [-0.2, -0.15) is 0 Å². The minimum absolute atomic E-state index is 0.0265. The number of hydrogen-bond acceptors (Lipinski definition) is 4. The summed E-state index contributed by atoms with van der Waals surface area (Å²) >= 11 is 0. The summed E-state index contributed by atoms with van der Waals surface area (Å²) in [7, 11) is -2.97. The van der Waals surface area contributed by atoms with Crippen molar-refractivity contribution in [1.82, 2.24) is 10.6 Å². The summed E-state index contributed by atoms with van der Waals surface area (Å²) in [4.78, 5) is 12.1. The van der Waals surface area contributed by atoms with Gasteiger partial charge in [0, 0.05) is 25.0 Å². The summed E-state index contributed by atoms with van der Waals surface area (Å²) in [6, 6.07) is -0.0409. The molecule has 2 aliphatic rings. The average molecular weight is 316 g/mol. The Morgan fingerprint density at radius 3 is 2.52 bits per heavy atom. The first-order chi connectivity index (χ1) is 9.96. The van der Waals surface area contributed by atoms with E-state index in [1.165, 1.54) is 38.5 Å². The minimum atomic E-state index is -2.97. The molecule has 1 amide bonds. The van der Waals surface area contributed by atoms with E-state index in [-0.39, 0.29) is 35.9 Å². The van der Waals surface area contributed by atoms with Crippen LogP contribution in [0.4, 0.5) is 0 Å². The van der Waals surface area contributed by atoms with Gasteiger partial charge in [0.1, 0.15) is 0 Å². The molecule has 1 heterocycles. The molecule has 6 heteroatoms.